The van der Waals surface area contributed by atoms with E-state index in [4.69, 9.17) is 9.47 Å². The molecule has 1 aliphatic heterocycles. The molecule has 0 bridgehead atoms. The summed E-state index contributed by atoms with van der Waals surface area (Å²) >= 11 is 0. The highest BCUT2D eigenvalue weighted by atomic mass is 32.2. The molecule has 4 aromatic rings. The van der Waals surface area contributed by atoms with Crippen molar-refractivity contribution in [1.82, 2.24) is 10.2 Å². The normalized spacial score (nSPS) is 17.4. The first-order valence-corrected chi connectivity index (χ1v) is 17.6. The second kappa shape index (κ2) is 15.4. The fraction of sp³-hybridized carbons (Fsp3) is 0.263. The van der Waals surface area contributed by atoms with Gasteiger partial charge in [-0.2, -0.15) is 0 Å². The summed E-state index contributed by atoms with van der Waals surface area (Å²) in [5, 5.41) is 3.92. The Morgan fingerprint density at radius 1 is 0.820 bits per heavy atom. The lowest BCUT2D eigenvalue weighted by Gasteiger charge is -2.32. The number of ether oxygens (including phenoxy) is 2. The summed E-state index contributed by atoms with van der Waals surface area (Å²) in [6, 6.07) is 28.8. The zero-order valence-electron chi connectivity index (χ0n) is 27.9. The molecule has 0 aliphatic carbocycles. The third-order valence-corrected chi connectivity index (χ3v) is 10.2. The quantitative estimate of drug-likeness (QED) is 0.201. The summed E-state index contributed by atoms with van der Waals surface area (Å²) in [4.78, 5) is 54.6. The van der Waals surface area contributed by atoms with Crippen LogP contribution < -0.4 is 10.6 Å². The lowest BCUT2D eigenvalue weighted by Crippen LogP contribution is -2.49. The molecule has 3 amide bonds. The predicted molar refractivity (Wildman–Crippen MR) is 187 cm³/mol. The third-order valence-electron chi connectivity index (χ3n) is 7.99. The van der Waals surface area contributed by atoms with Gasteiger partial charge in [-0.05, 0) is 68.7 Å². The van der Waals surface area contributed by atoms with Gasteiger partial charge in [0, 0.05) is 5.69 Å². The van der Waals surface area contributed by atoms with Gasteiger partial charge in [0.1, 0.15) is 18.2 Å². The fourth-order valence-corrected chi connectivity index (χ4v) is 7.75. The second-order valence-corrected chi connectivity index (χ2v) is 15.0. The summed E-state index contributed by atoms with van der Waals surface area (Å²) in [5.74, 6) is -2.02. The van der Waals surface area contributed by atoms with Crippen molar-refractivity contribution in [3.63, 3.8) is 0 Å². The van der Waals surface area contributed by atoms with Crippen LogP contribution >= 0.6 is 0 Å². The van der Waals surface area contributed by atoms with Crippen molar-refractivity contribution >= 4 is 39.4 Å². The van der Waals surface area contributed by atoms with Gasteiger partial charge in [-0.25, -0.2) is 22.8 Å². The Balaban J connectivity index is 1.35. The van der Waals surface area contributed by atoms with Crippen molar-refractivity contribution in [2.45, 2.75) is 61.6 Å². The molecule has 12 heteroatoms. The molecule has 50 heavy (non-hydrogen) atoms. The summed E-state index contributed by atoms with van der Waals surface area (Å²) < 4.78 is 39.2. The molecule has 0 aromatic heterocycles. The van der Waals surface area contributed by atoms with Crippen LogP contribution in [0.4, 0.5) is 10.5 Å². The summed E-state index contributed by atoms with van der Waals surface area (Å²) in [6.45, 7) is 4.57. The zero-order chi connectivity index (χ0) is 35.9. The van der Waals surface area contributed by atoms with E-state index in [1.165, 1.54) is 23.1 Å². The van der Waals surface area contributed by atoms with Crippen molar-refractivity contribution in [3.8, 4) is 0 Å². The molecule has 2 N–H and O–H groups in total. The molecule has 0 saturated carbocycles. The first kappa shape index (κ1) is 35.8. The Morgan fingerprint density at radius 2 is 1.44 bits per heavy atom. The van der Waals surface area contributed by atoms with Crippen LogP contribution in [0.5, 0.6) is 0 Å². The molecule has 1 fully saturated rings. The van der Waals surface area contributed by atoms with Gasteiger partial charge < -0.3 is 25.0 Å². The van der Waals surface area contributed by atoms with Crippen LogP contribution in [0, 0.1) is 0 Å². The Hall–Kier alpha value is -5.49. The number of hydrogen-bond donors (Lipinski definition) is 2. The monoisotopic (exact) mass is 697 g/mol. The Kier molecular flexibility index (Phi) is 11.0. The van der Waals surface area contributed by atoms with Crippen LogP contribution in [0.1, 0.15) is 54.7 Å². The van der Waals surface area contributed by atoms with Crippen LogP contribution in [0.3, 0.4) is 0 Å². The molecule has 5 rings (SSSR count). The van der Waals surface area contributed by atoms with Crippen molar-refractivity contribution in [2.75, 3.05) is 11.9 Å². The number of nitrogens with one attached hydrogen (secondary N) is 2. The molecular formula is C38H39N3O8S. The standard InChI is InChI=1S/C38H39N3O8S/c1-38(2,3)49-36(44)31-23-32(50(46,47)30-20-11-6-12-21-30)34(27-16-9-5-10-17-27)41(31)33(42)24-39-37(45)40-29-19-13-18-28(22-29)35(43)48-25-26-14-7-4-8-15-26/h4-22,31-32,34H,23-25H2,1-3H3,(H2,39,40,45). The van der Waals surface area contributed by atoms with E-state index in [-0.39, 0.29) is 29.2 Å². The molecule has 3 atom stereocenters. The minimum Gasteiger partial charge on any atom is -0.458 e. The maximum atomic E-state index is 14.1. The predicted octanol–water partition coefficient (Wildman–Crippen LogP) is 5.69. The molecular weight excluding hydrogens is 658 g/mol. The first-order chi connectivity index (χ1) is 23.8. The number of likely N-dealkylation sites (tertiary alicyclic amines) is 1. The van der Waals surface area contributed by atoms with E-state index in [0.717, 1.165) is 5.56 Å². The summed E-state index contributed by atoms with van der Waals surface area (Å²) in [5.41, 5.74) is 0.906. The van der Waals surface area contributed by atoms with Gasteiger partial charge >= 0.3 is 18.0 Å². The van der Waals surface area contributed by atoms with Gasteiger partial charge in [-0.3, -0.25) is 4.79 Å². The van der Waals surface area contributed by atoms with Gasteiger partial charge in [-0.1, -0.05) is 84.9 Å². The van der Waals surface area contributed by atoms with Crippen molar-refractivity contribution in [3.05, 3.63) is 132 Å². The number of benzene rings is 4. The fourth-order valence-electron chi connectivity index (χ4n) is 5.80. The minimum atomic E-state index is -4.05. The average molecular weight is 698 g/mol. The highest BCUT2D eigenvalue weighted by molar-refractivity contribution is 7.92. The molecule has 1 saturated heterocycles. The van der Waals surface area contributed by atoms with Gasteiger partial charge in [-0.15, -0.1) is 0 Å². The largest absolute Gasteiger partial charge is 0.458 e. The number of carbonyl (C=O) groups excluding carboxylic acids is 4. The smallest absolute Gasteiger partial charge is 0.338 e. The maximum Gasteiger partial charge on any atom is 0.338 e. The number of amides is 3. The van der Waals surface area contributed by atoms with Crippen molar-refractivity contribution in [1.29, 1.82) is 0 Å². The first-order valence-electron chi connectivity index (χ1n) is 16.1. The van der Waals surface area contributed by atoms with Gasteiger partial charge in [0.15, 0.2) is 9.84 Å². The topological polar surface area (TPSA) is 148 Å². The van der Waals surface area contributed by atoms with Crippen LogP contribution in [0.2, 0.25) is 0 Å². The Morgan fingerprint density at radius 3 is 2.08 bits per heavy atom. The van der Waals surface area contributed by atoms with Crippen molar-refractivity contribution < 1.29 is 37.1 Å². The molecule has 0 spiro atoms. The van der Waals surface area contributed by atoms with Crippen LogP contribution in [-0.2, 0) is 35.5 Å². The third kappa shape index (κ3) is 8.75. The van der Waals surface area contributed by atoms with Crippen LogP contribution in [0.15, 0.2) is 120 Å². The second-order valence-electron chi connectivity index (χ2n) is 12.8. The number of esters is 2. The van der Waals surface area contributed by atoms with E-state index >= 15 is 0 Å². The molecule has 0 radical (unpaired) electrons. The molecule has 260 valence electrons. The van der Waals surface area contributed by atoms with E-state index < -0.39 is 63.2 Å². The SMILES string of the molecule is CC(C)(C)OC(=O)C1CC(S(=O)(=O)c2ccccc2)C(c2ccccc2)N1C(=O)CNC(=O)Nc1cccc(C(=O)OCc2ccccc2)c1. The Bertz CT molecular complexity index is 1930. The summed E-state index contributed by atoms with van der Waals surface area (Å²) in [7, 11) is -4.05. The van der Waals surface area contributed by atoms with Crippen molar-refractivity contribution in [2.24, 2.45) is 0 Å². The maximum absolute atomic E-state index is 14.1. The number of urea groups is 1. The number of carbonyl (C=O) groups is 4. The minimum absolute atomic E-state index is 0.0619. The molecule has 1 aliphatic rings. The van der Waals surface area contributed by atoms with E-state index in [9.17, 15) is 27.6 Å². The Labute approximate surface area is 291 Å². The van der Waals surface area contributed by atoms with Crippen LogP contribution in [-0.4, -0.2) is 60.6 Å². The van der Waals surface area contributed by atoms with Gasteiger partial charge in [0.25, 0.3) is 0 Å². The average Bonchev–Trinajstić information content (AvgIpc) is 3.52. The van der Waals surface area contributed by atoms with E-state index in [1.807, 2.05) is 30.3 Å². The number of sulfone groups is 1. The lowest BCUT2D eigenvalue weighted by atomic mass is 10.0. The number of nitrogens with zero attached hydrogens (tertiary/aromatic N) is 1. The molecule has 3 unspecified atom stereocenters. The number of rotatable bonds is 10. The van der Waals surface area contributed by atoms with Crippen LogP contribution in [0.25, 0.3) is 0 Å². The highest BCUT2D eigenvalue weighted by Crippen LogP contribution is 2.43. The highest BCUT2D eigenvalue weighted by Gasteiger charge is 2.53. The lowest BCUT2D eigenvalue weighted by molar-refractivity contribution is -0.164. The van der Waals surface area contributed by atoms with E-state index in [0.29, 0.717) is 5.56 Å². The van der Waals surface area contributed by atoms with E-state index in [1.54, 1.807) is 87.5 Å². The number of hydrogen-bond acceptors (Lipinski definition) is 8. The van der Waals surface area contributed by atoms with Gasteiger partial charge in [0.2, 0.25) is 5.91 Å². The molecule has 11 nitrogen and oxygen atoms in total. The molecule has 4 aromatic carbocycles. The molecule has 1 heterocycles. The zero-order valence-corrected chi connectivity index (χ0v) is 28.8. The van der Waals surface area contributed by atoms with E-state index in [2.05, 4.69) is 10.6 Å². The van der Waals surface area contributed by atoms with Gasteiger partial charge in [0.05, 0.1) is 28.3 Å². The number of anilines is 1. The summed E-state index contributed by atoms with van der Waals surface area (Å²) in [6.07, 6.45) is -0.212.